The minimum atomic E-state index is 0.487. The van der Waals surface area contributed by atoms with E-state index >= 15 is 0 Å². The zero-order chi connectivity index (χ0) is 14.4. The van der Waals surface area contributed by atoms with Crippen LogP contribution in [0.4, 0.5) is 0 Å². The maximum Gasteiger partial charge on any atom is 0.213 e. The summed E-state index contributed by atoms with van der Waals surface area (Å²) in [6, 6.07) is 3.83. The van der Waals surface area contributed by atoms with Gasteiger partial charge in [-0.25, -0.2) is 4.98 Å². The number of hydrogen-bond donors (Lipinski definition) is 0. The van der Waals surface area contributed by atoms with Gasteiger partial charge in [0.05, 0.1) is 0 Å². The van der Waals surface area contributed by atoms with Gasteiger partial charge >= 0.3 is 0 Å². The molecular weight excluding hydrogens is 222 g/mol. The summed E-state index contributed by atoms with van der Waals surface area (Å²) in [6.07, 6.45) is 5.65. The predicted octanol–water partition coefficient (Wildman–Crippen LogP) is 4.73. The maximum atomic E-state index is 5.41. The summed E-state index contributed by atoms with van der Waals surface area (Å²) in [5, 5.41) is 0. The van der Waals surface area contributed by atoms with Crippen molar-refractivity contribution >= 4 is 0 Å². The molecule has 2 nitrogen and oxygen atoms in total. The molecule has 0 aliphatic heterocycles. The maximum absolute atomic E-state index is 5.41. The van der Waals surface area contributed by atoms with Gasteiger partial charge in [0, 0.05) is 12.3 Å². The highest BCUT2D eigenvalue weighted by atomic mass is 16.5. The van der Waals surface area contributed by atoms with Crippen molar-refractivity contribution in [3.05, 3.63) is 61.4 Å². The average Bonchev–Trinajstić information content (AvgIpc) is 2.43. The summed E-state index contributed by atoms with van der Waals surface area (Å²) in [4.78, 5) is 4.12. The molecule has 2 heteroatoms. The smallest absolute Gasteiger partial charge is 0.213 e. The molecule has 1 heterocycles. The van der Waals surface area contributed by atoms with E-state index in [9.17, 15) is 0 Å². The van der Waals surface area contributed by atoms with Crippen molar-refractivity contribution in [3.8, 4) is 5.88 Å². The third-order valence-corrected chi connectivity index (χ3v) is 1.69. The molecule has 18 heavy (non-hydrogen) atoms. The number of ether oxygens (including phenoxy) is 1. The molecule has 0 aliphatic carbocycles. The Bertz CT molecular complexity index is 339. The van der Waals surface area contributed by atoms with Crippen molar-refractivity contribution in [2.24, 2.45) is 0 Å². The van der Waals surface area contributed by atoms with Crippen molar-refractivity contribution in [1.82, 2.24) is 4.98 Å². The standard InChI is InChI=1S/C12H15NO.C2H6.C2H4/c1-4-5-11(3)9-14-12-7-6-10(2)8-13-12;2*1-2/h4-8H,3,9H2,1-2H3;1-2H3;1-2H2/b5-4-;;. The first-order valence-corrected chi connectivity index (χ1v) is 6.08. The van der Waals surface area contributed by atoms with Crippen LogP contribution < -0.4 is 4.74 Å². The Kier molecular flexibility index (Phi) is 13.6. The van der Waals surface area contributed by atoms with Gasteiger partial charge in [0.2, 0.25) is 5.88 Å². The van der Waals surface area contributed by atoms with E-state index < -0.39 is 0 Å². The quantitative estimate of drug-likeness (QED) is 0.567. The first-order valence-electron chi connectivity index (χ1n) is 6.08. The molecule has 0 atom stereocenters. The van der Waals surface area contributed by atoms with Crippen molar-refractivity contribution < 1.29 is 4.74 Å². The number of pyridine rings is 1. The van der Waals surface area contributed by atoms with Crippen molar-refractivity contribution in [1.29, 1.82) is 0 Å². The number of aryl methyl sites for hydroxylation is 1. The molecule has 1 aromatic rings. The van der Waals surface area contributed by atoms with Crippen LogP contribution in [0.15, 0.2) is 55.8 Å². The molecule has 1 aromatic heterocycles. The van der Waals surface area contributed by atoms with Gasteiger partial charge < -0.3 is 4.74 Å². The molecule has 0 radical (unpaired) electrons. The number of allylic oxidation sites excluding steroid dienone is 1. The third-order valence-electron chi connectivity index (χ3n) is 1.69. The first kappa shape index (κ1) is 18.5. The molecule has 0 saturated heterocycles. The third kappa shape index (κ3) is 9.40. The van der Waals surface area contributed by atoms with Crippen LogP contribution in [-0.4, -0.2) is 11.6 Å². The summed E-state index contributed by atoms with van der Waals surface area (Å²) < 4.78 is 5.41. The van der Waals surface area contributed by atoms with E-state index in [-0.39, 0.29) is 0 Å². The van der Waals surface area contributed by atoms with Crippen LogP contribution in [0.25, 0.3) is 0 Å². The Morgan fingerprint density at radius 1 is 1.33 bits per heavy atom. The summed E-state index contributed by atoms with van der Waals surface area (Å²) in [5.74, 6) is 0.640. The SMILES string of the molecule is C=C.C=C(/C=C\C)COc1ccc(C)cn1.CC. The molecule has 0 fully saturated rings. The van der Waals surface area contributed by atoms with Crippen LogP contribution in [0.3, 0.4) is 0 Å². The fourth-order valence-electron chi connectivity index (χ4n) is 0.990. The molecule has 0 bridgehead atoms. The number of nitrogens with zero attached hydrogens (tertiary/aromatic N) is 1. The first-order chi connectivity index (χ1) is 8.72. The summed E-state index contributed by atoms with van der Waals surface area (Å²) >= 11 is 0. The van der Waals surface area contributed by atoms with E-state index in [4.69, 9.17) is 4.74 Å². The summed E-state index contributed by atoms with van der Waals surface area (Å²) in [7, 11) is 0. The molecule has 0 aliphatic rings. The van der Waals surface area contributed by atoms with Crippen molar-refractivity contribution in [2.45, 2.75) is 27.7 Å². The number of hydrogen-bond acceptors (Lipinski definition) is 2. The van der Waals surface area contributed by atoms with Gasteiger partial charge in [-0.1, -0.05) is 38.6 Å². The Hall–Kier alpha value is -1.83. The highest BCUT2D eigenvalue weighted by molar-refractivity contribution is 5.19. The van der Waals surface area contributed by atoms with Crippen molar-refractivity contribution in [2.75, 3.05) is 6.61 Å². The van der Waals surface area contributed by atoms with Gasteiger partial charge in [-0.15, -0.1) is 13.2 Å². The molecule has 0 saturated carbocycles. The van der Waals surface area contributed by atoms with E-state index in [1.807, 2.05) is 52.0 Å². The van der Waals surface area contributed by atoms with E-state index in [1.165, 1.54) is 0 Å². The second-order valence-corrected chi connectivity index (χ2v) is 3.12. The fraction of sp³-hybridized carbons (Fsp3) is 0.312. The van der Waals surface area contributed by atoms with E-state index in [2.05, 4.69) is 24.7 Å². The lowest BCUT2D eigenvalue weighted by molar-refractivity contribution is 0.342. The zero-order valence-corrected chi connectivity index (χ0v) is 12.1. The fourth-order valence-corrected chi connectivity index (χ4v) is 0.990. The molecule has 100 valence electrons. The minimum absolute atomic E-state index is 0.487. The number of rotatable bonds is 4. The van der Waals surface area contributed by atoms with Gasteiger partial charge in [0.1, 0.15) is 6.61 Å². The molecule has 0 spiro atoms. The Balaban J connectivity index is 0. The molecule has 0 N–H and O–H groups in total. The Labute approximate surface area is 112 Å². The molecule has 0 amide bonds. The second-order valence-electron chi connectivity index (χ2n) is 3.12. The highest BCUT2D eigenvalue weighted by Gasteiger charge is 1.94. The molecule has 0 aromatic carbocycles. The topological polar surface area (TPSA) is 22.1 Å². The summed E-state index contributed by atoms with van der Waals surface area (Å²) in [5.41, 5.74) is 2.07. The van der Waals surface area contributed by atoms with Crippen LogP contribution in [0.2, 0.25) is 0 Å². The number of aromatic nitrogens is 1. The van der Waals surface area contributed by atoms with E-state index in [0.29, 0.717) is 12.5 Å². The predicted molar refractivity (Wildman–Crippen MR) is 81.0 cm³/mol. The van der Waals surface area contributed by atoms with E-state index in [0.717, 1.165) is 11.1 Å². The van der Waals surface area contributed by atoms with E-state index in [1.54, 1.807) is 6.20 Å². The Morgan fingerprint density at radius 3 is 2.39 bits per heavy atom. The normalized spacial score (nSPS) is 8.67. The molecular formula is C16H25NO. The van der Waals surface area contributed by atoms with Crippen LogP contribution in [0.5, 0.6) is 5.88 Å². The molecule has 1 rings (SSSR count). The summed E-state index contributed by atoms with van der Waals surface area (Å²) in [6.45, 7) is 18.3. The monoisotopic (exact) mass is 247 g/mol. The largest absolute Gasteiger partial charge is 0.473 e. The van der Waals surface area contributed by atoms with Gasteiger partial charge in [-0.3, -0.25) is 0 Å². The van der Waals surface area contributed by atoms with Gasteiger partial charge in [0.25, 0.3) is 0 Å². The average molecular weight is 247 g/mol. The van der Waals surface area contributed by atoms with Gasteiger partial charge in [-0.2, -0.15) is 0 Å². The van der Waals surface area contributed by atoms with Crippen LogP contribution in [0.1, 0.15) is 26.3 Å². The second kappa shape index (κ2) is 13.2. The Morgan fingerprint density at radius 2 is 1.94 bits per heavy atom. The van der Waals surface area contributed by atoms with Crippen LogP contribution in [0, 0.1) is 6.92 Å². The van der Waals surface area contributed by atoms with Crippen LogP contribution >= 0.6 is 0 Å². The van der Waals surface area contributed by atoms with Gasteiger partial charge in [0.15, 0.2) is 0 Å². The van der Waals surface area contributed by atoms with Crippen LogP contribution in [-0.2, 0) is 0 Å². The zero-order valence-electron chi connectivity index (χ0n) is 12.1. The molecule has 0 unspecified atom stereocenters. The minimum Gasteiger partial charge on any atom is -0.473 e. The lowest BCUT2D eigenvalue weighted by atomic mass is 10.3. The van der Waals surface area contributed by atoms with Crippen molar-refractivity contribution in [3.63, 3.8) is 0 Å². The van der Waals surface area contributed by atoms with Gasteiger partial charge in [-0.05, 0) is 25.0 Å². The highest BCUT2D eigenvalue weighted by Crippen LogP contribution is 2.07. The lowest BCUT2D eigenvalue weighted by Gasteiger charge is -2.04. The lowest BCUT2D eigenvalue weighted by Crippen LogP contribution is -1.99.